The van der Waals surface area contributed by atoms with Crippen molar-refractivity contribution >= 4 is 0 Å². The third-order valence-electron chi connectivity index (χ3n) is 3.31. The molecule has 0 aliphatic carbocycles. The van der Waals surface area contributed by atoms with Gasteiger partial charge in [0.2, 0.25) is 0 Å². The Bertz CT molecular complexity index is 135. The smallest absolute Gasteiger partial charge is 0.0622 e. The largest absolute Gasteiger partial charge is 0.380 e. The molecule has 2 nitrogen and oxygen atoms in total. The van der Waals surface area contributed by atoms with E-state index in [9.17, 15) is 0 Å². The predicted octanol–water partition coefficient (Wildman–Crippen LogP) is 2.04. The number of likely N-dealkylation sites (tertiary alicyclic amines) is 1. The molecule has 0 amide bonds. The lowest BCUT2D eigenvalue weighted by molar-refractivity contribution is 0.136. The van der Waals surface area contributed by atoms with Crippen LogP contribution >= 0.6 is 0 Å². The summed E-state index contributed by atoms with van der Waals surface area (Å²) < 4.78 is 5.44. The molecule has 2 heterocycles. The summed E-state index contributed by atoms with van der Waals surface area (Å²) in [6, 6.07) is 0.748. The van der Waals surface area contributed by atoms with Crippen LogP contribution in [0, 0.1) is 0 Å². The lowest BCUT2D eigenvalue weighted by atomic mass is 10.1. The zero-order valence-corrected chi connectivity index (χ0v) is 8.50. The van der Waals surface area contributed by atoms with Gasteiger partial charge in [-0.25, -0.2) is 0 Å². The monoisotopic (exact) mass is 183 g/mol. The quantitative estimate of drug-likeness (QED) is 0.617. The molecule has 2 aliphatic rings. The van der Waals surface area contributed by atoms with Gasteiger partial charge in [-0.1, -0.05) is 19.3 Å². The third-order valence-corrected chi connectivity index (χ3v) is 3.31. The van der Waals surface area contributed by atoms with Gasteiger partial charge in [-0.3, -0.25) is 4.90 Å². The van der Waals surface area contributed by atoms with Crippen molar-refractivity contribution in [3.05, 3.63) is 0 Å². The summed E-state index contributed by atoms with van der Waals surface area (Å²) in [4.78, 5) is 2.66. The van der Waals surface area contributed by atoms with E-state index in [0.717, 1.165) is 19.3 Å². The molecule has 0 N–H and O–H groups in total. The van der Waals surface area contributed by atoms with Crippen LogP contribution in [0.3, 0.4) is 0 Å². The highest BCUT2D eigenvalue weighted by Crippen LogP contribution is 2.17. The van der Waals surface area contributed by atoms with Gasteiger partial charge < -0.3 is 4.74 Å². The fourth-order valence-electron chi connectivity index (χ4n) is 2.45. The van der Waals surface area contributed by atoms with Crippen LogP contribution < -0.4 is 0 Å². The summed E-state index contributed by atoms with van der Waals surface area (Å²) in [6.07, 6.45) is 8.39. The lowest BCUT2D eigenvalue weighted by Crippen LogP contribution is -2.37. The highest BCUT2D eigenvalue weighted by atomic mass is 16.5. The molecule has 0 aromatic carbocycles. The van der Waals surface area contributed by atoms with Crippen molar-refractivity contribution in [1.82, 2.24) is 4.90 Å². The molecule has 0 radical (unpaired) electrons. The van der Waals surface area contributed by atoms with Crippen molar-refractivity contribution in [2.24, 2.45) is 0 Å². The van der Waals surface area contributed by atoms with Crippen LogP contribution in [0.1, 0.15) is 38.5 Å². The average Bonchev–Trinajstić information content (AvgIpc) is 2.55. The van der Waals surface area contributed by atoms with Crippen molar-refractivity contribution in [1.29, 1.82) is 0 Å². The Labute approximate surface area is 81.3 Å². The van der Waals surface area contributed by atoms with Gasteiger partial charge in [-0.05, 0) is 32.4 Å². The molecule has 13 heavy (non-hydrogen) atoms. The molecule has 2 aliphatic heterocycles. The van der Waals surface area contributed by atoms with E-state index in [-0.39, 0.29) is 0 Å². The van der Waals surface area contributed by atoms with E-state index in [0.29, 0.717) is 0 Å². The van der Waals surface area contributed by atoms with Crippen LogP contribution in [-0.4, -0.2) is 37.2 Å². The van der Waals surface area contributed by atoms with E-state index in [1.54, 1.807) is 0 Å². The van der Waals surface area contributed by atoms with Gasteiger partial charge in [-0.15, -0.1) is 0 Å². The molecule has 0 bridgehead atoms. The van der Waals surface area contributed by atoms with Gasteiger partial charge in [0.25, 0.3) is 0 Å². The van der Waals surface area contributed by atoms with E-state index in [4.69, 9.17) is 4.74 Å². The summed E-state index contributed by atoms with van der Waals surface area (Å²) in [7, 11) is 0. The minimum atomic E-state index is 0.748. The maximum Gasteiger partial charge on any atom is 0.0622 e. The van der Waals surface area contributed by atoms with Crippen LogP contribution in [0.2, 0.25) is 0 Å². The lowest BCUT2D eigenvalue weighted by Gasteiger charge is -2.29. The molecule has 76 valence electrons. The number of rotatable bonds is 1. The zero-order valence-electron chi connectivity index (χ0n) is 8.50. The minimum absolute atomic E-state index is 0.748. The number of hydrogen-bond acceptors (Lipinski definition) is 2. The first-order valence-corrected chi connectivity index (χ1v) is 5.78. The van der Waals surface area contributed by atoms with Gasteiger partial charge in [-0.2, -0.15) is 0 Å². The van der Waals surface area contributed by atoms with Gasteiger partial charge in [0.05, 0.1) is 6.61 Å². The first-order valence-electron chi connectivity index (χ1n) is 5.78. The number of hydrogen-bond donors (Lipinski definition) is 0. The standard InChI is InChI=1S/C11H21NO/c1-2-4-7-12(8-5-3-1)11-6-9-13-10-11/h11H,1-10H2. The minimum Gasteiger partial charge on any atom is -0.380 e. The molecule has 1 unspecified atom stereocenters. The normalized spacial score (nSPS) is 32.8. The fraction of sp³-hybridized carbons (Fsp3) is 1.00. The molecule has 2 fully saturated rings. The Morgan fingerprint density at radius 3 is 2.23 bits per heavy atom. The predicted molar refractivity (Wildman–Crippen MR) is 53.9 cm³/mol. The van der Waals surface area contributed by atoms with E-state index in [2.05, 4.69) is 4.90 Å². The summed E-state index contributed by atoms with van der Waals surface area (Å²) in [5, 5.41) is 0. The van der Waals surface area contributed by atoms with Gasteiger partial charge in [0.15, 0.2) is 0 Å². The Hall–Kier alpha value is -0.0800. The van der Waals surface area contributed by atoms with Crippen molar-refractivity contribution in [2.45, 2.75) is 44.6 Å². The van der Waals surface area contributed by atoms with Crippen molar-refractivity contribution in [3.63, 3.8) is 0 Å². The summed E-state index contributed by atoms with van der Waals surface area (Å²) in [5.74, 6) is 0. The molecule has 2 heteroatoms. The maximum absolute atomic E-state index is 5.44. The first-order chi connectivity index (χ1) is 6.47. The first kappa shape index (κ1) is 9.47. The van der Waals surface area contributed by atoms with Crippen LogP contribution in [0.15, 0.2) is 0 Å². The van der Waals surface area contributed by atoms with Gasteiger partial charge >= 0.3 is 0 Å². The molecule has 2 saturated heterocycles. The second kappa shape index (κ2) is 4.97. The average molecular weight is 183 g/mol. The molecule has 0 aromatic rings. The molecular weight excluding hydrogens is 162 g/mol. The maximum atomic E-state index is 5.44. The molecule has 2 rings (SSSR count). The van der Waals surface area contributed by atoms with Crippen LogP contribution in [0.4, 0.5) is 0 Å². The molecule has 0 aromatic heterocycles. The Morgan fingerprint density at radius 2 is 1.62 bits per heavy atom. The van der Waals surface area contributed by atoms with E-state index >= 15 is 0 Å². The van der Waals surface area contributed by atoms with Gasteiger partial charge in [0.1, 0.15) is 0 Å². The Morgan fingerprint density at radius 1 is 0.923 bits per heavy atom. The summed E-state index contributed by atoms with van der Waals surface area (Å²) in [5.41, 5.74) is 0. The molecule has 0 saturated carbocycles. The highest BCUT2D eigenvalue weighted by molar-refractivity contribution is 4.76. The summed E-state index contributed by atoms with van der Waals surface area (Å²) in [6.45, 7) is 4.60. The van der Waals surface area contributed by atoms with E-state index in [1.807, 2.05) is 0 Å². The van der Waals surface area contributed by atoms with E-state index < -0.39 is 0 Å². The van der Waals surface area contributed by atoms with Crippen LogP contribution in [0.25, 0.3) is 0 Å². The second-order valence-corrected chi connectivity index (χ2v) is 4.32. The molecule has 1 atom stereocenters. The van der Waals surface area contributed by atoms with Crippen molar-refractivity contribution < 1.29 is 4.74 Å². The van der Waals surface area contributed by atoms with Crippen LogP contribution in [0.5, 0.6) is 0 Å². The van der Waals surface area contributed by atoms with Crippen molar-refractivity contribution in [3.8, 4) is 0 Å². The number of nitrogens with zero attached hydrogens (tertiary/aromatic N) is 1. The van der Waals surface area contributed by atoms with E-state index in [1.165, 1.54) is 51.6 Å². The molecule has 0 spiro atoms. The van der Waals surface area contributed by atoms with Crippen LogP contribution in [-0.2, 0) is 4.74 Å². The fourth-order valence-corrected chi connectivity index (χ4v) is 2.45. The van der Waals surface area contributed by atoms with Gasteiger partial charge in [0, 0.05) is 12.6 Å². The second-order valence-electron chi connectivity index (χ2n) is 4.32. The Kier molecular flexibility index (Phi) is 3.62. The third kappa shape index (κ3) is 2.68. The molecular formula is C11H21NO. The Balaban J connectivity index is 1.80. The summed E-state index contributed by atoms with van der Waals surface area (Å²) >= 11 is 0. The van der Waals surface area contributed by atoms with Crippen molar-refractivity contribution in [2.75, 3.05) is 26.3 Å². The highest BCUT2D eigenvalue weighted by Gasteiger charge is 2.22. The SMILES string of the molecule is C1CCCN(C2CCOC2)CCC1. The zero-order chi connectivity index (χ0) is 8.93. The number of ether oxygens (including phenoxy) is 1. The topological polar surface area (TPSA) is 12.5 Å².